The zero-order valence-electron chi connectivity index (χ0n) is 10.5. The molecule has 1 aliphatic heterocycles. The van der Waals surface area contributed by atoms with Crippen molar-refractivity contribution in [2.45, 2.75) is 12.5 Å². The lowest BCUT2D eigenvalue weighted by molar-refractivity contribution is -0.137. The van der Waals surface area contributed by atoms with Crippen LogP contribution in [0, 0.1) is 0 Å². The van der Waals surface area contributed by atoms with Crippen LogP contribution in [0.15, 0.2) is 22.7 Å². The maximum Gasteiger partial charge on any atom is 0.305 e. The second-order valence-electron chi connectivity index (χ2n) is 4.51. The molecule has 3 N–H and O–H groups in total. The first kappa shape index (κ1) is 14.3. The number of halogens is 1. The summed E-state index contributed by atoms with van der Waals surface area (Å²) in [6.07, 6.45) is -0.0661. The summed E-state index contributed by atoms with van der Waals surface area (Å²) in [5.74, 6) is -0.888. The van der Waals surface area contributed by atoms with Gasteiger partial charge in [-0.1, -0.05) is 6.07 Å². The Labute approximate surface area is 120 Å². The second-order valence-corrected chi connectivity index (χ2v) is 5.37. The van der Waals surface area contributed by atoms with Crippen molar-refractivity contribution >= 4 is 27.6 Å². The Kier molecular flexibility index (Phi) is 4.79. The fourth-order valence-corrected chi connectivity index (χ4v) is 2.77. The van der Waals surface area contributed by atoms with Crippen LogP contribution in [0.25, 0.3) is 0 Å². The van der Waals surface area contributed by atoms with Crippen molar-refractivity contribution in [2.75, 3.05) is 31.2 Å². The number of benzene rings is 1. The summed E-state index contributed by atoms with van der Waals surface area (Å²) in [7, 11) is 0. The van der Waals surface area contributed by atoms with E-state index in [9.17, 15) is 4.79 Å². The summed E-state index contributed by atoms with van der Waals surface area (Å²) >= 11 is 3.53. The molecule has 1 aliphatic rings. The molecular formula is C13H17BrN2O3. The maximum absolute atomic E-state index is 10.7. The quantitative estimate of drug-likeness (QED) is 0.880. The van der Waals surface area contributed by atoms with E-state index in [-0.39, 0.29) is 6.42 Å². The molecule has 0 aliphatic carbocycles. The average Bonchev–Trinajstić information content (AvgIpc) is 2.38. The van der Waals surface area contributed by atoms with Crippen molar-refractivity contribution in [3.05, 3.63) is 28.2 Å². The van der Waals surface area contributed by atoms with E-state index >= 15 is 0 Å². The van der Waals surface area contributed by atoms with Gasteiger partial charge in [0.15, 0.2) is 0 Å². The van der Waals surface area contributed by atoms with Crippen molar-refractivity contribution < 1.29 is 14.6 Å². The summed E-state index contributed by atoms with van der Waals surface area (Å²) in [6.45, 7) is 3.18. The number of aliphatic carboxylic acids is 1. The molecule has 0 bridgehead atoms. The minimum Gasteiger partial charge on any atom is -0.481 e. The number of anilines is 1. The smallest absolute Gasteiger partial charge is 0.305 e. The van der Waals surface area contributed by atoms with Crippen LogP contribution in [-0.4, -0.2) is 37.4 Å². The molecule has 0 radical (unpaired) electrons. The molecule has 1 fully saturated rings. The van der Waals surface area contributed by atoms with Gasteiger partial charge in [-0.3, -0.25) is 4.79 Å². The maximum atomic E-state index is 10.7. The highest BCUT2D eigenvalue weighted by Gasteiger charge is 2.16. The predicted molar refractivity (Wildman–Crippen MR) is 76.4 cm³/mol. The number of nitrogens with two attached hydrogens (primary N) is 1. The SMILES string of the molecule is NC(CC(=O)O)c1ccc(N2CCOCC2)c(Br)c1. The van der Waals surface area contributed by atoms with Crippen molar-refractivity contribution in [2.24, 2.45) is 5.73 Å². The molecule has 1 aromatic rings. The normalized spacial score (nSPS) is 17.3. The molecular weight excluding hydrogens is 312 g/mol. The van der Waals surface area contributed by atoms with Crippen molar-refractivity contribution in [3.63, 3.8) is 0 Å². The standard InChI is InChI=1S/C13H17BrN2O3/c14-10-7-9(11(15)8-13(17)18)1-2-12(10)16-3-5-19-6-4-16/h1-2,7,11H,3-6,8,15H2,(H,17,18). The molecule has 1 aromatic carbocycles. The van der Waals surface area contributed by atoms with Crippen LogP contribution >= 0.6 is 15.9 Å². The van der Waals surface area contributed by atoms with Gasteiger partial charge in [0.2, 0.25) is 0 Å². The van der Waals surface area contributed by atoms with E-state index in [4.69, 9.17) is 15.6 Å². The van der Waals surface area contributed by atoms with Crippen LogP contribution < -0.4 is 10.6 Å². The van der Waals surface area contributed by atoms with Crippen LogP contribution in [0.2, 0.25) is 0 Å². The molecule has 1 atom stereocenters. The fourth-order valence-electron chi connectivity index (χ4n) is 2.12. The molecule has 2 rings (SSSR count). The molecule has 5 nitrogen and oxygen atoms in total. The van der Waals surface area contributed by atoms with E-state index < -0.39 is 12.0 Å². The summed E-state index contributed by atoms with van der Waals surface area (Å²) in [5.41, 5.74) is 7.78. The van der Waals surface area contributed by atoms with E-state index in [0.717, 1.165) is 42.0 Å². The summed E-state index contributed by atoms with van der Waals surface area (Å²) in [6, 6.07) is 5.29. The lowest BCUT2D eigenvalue weighted by Gasteiger charge is -2.30. The number of morpholine rings is 1. The van der Waals surface area contributed by atoms with E-state index in [2.05, 4.69) is 20.8 Å². The average molecular weight is 329 g/mol. The molecule has 1 unspecified atom stereocenters. The van der Waals surface area contributed by atoms with Crippen LogP contribution in [0.4, 0.5) is 5.69 Å². The van der Waals surface area contributed by atoms with Crippen LogP contribution in [-0.2, 0) is 9.53 Å². The van der Waals surface area contributed by atoms with Crippen molar-refractivity contribution in [3.8, 4) is 0 Å². The third-order valence-corrected chi connectivity index (χ3v) is 3.78. The van der Waals surface area contributed by atoms with Crippen molar-refractivity contribution in [1.29, 1.82) is 0 Å². The highest BCUT2D eigenvalue weighted by atomic mass is 79.9. The fraction of sp³-hybridized carbons (Fsp3) is 0.462. The Balaban J connectivity index is 2.14. The van der Waals surface area contributed by atoms with Gasteiger partial charge in [0, 0.05) is 23.6 Å². The molecule has 0 aromatic heterocycles. The number of nitrogens with zero attached hydrogens (tertiary/aromatic N) is 1. The van der Waals surface area contributed by atoms with Gasteiger partial charge >= 0.3 is 5.97 Å². The minimum absolute atomic E-state index is 0.0661. The minimum atomic E-state index is -0.888. The molecule has 1 saturated heterocycles. The Morgan fingerprint density at radius 3 is 2.74 bits per heavy atom. The Hall–Kier alpha value is -1.11. The van der Waals surface area contributed by atoms with Gasteiger partial charge < -0.3 is 20.5 Å². The predicted octanol–water partition coefficient (Wildman–Crippen LogP) is 1.76. The lowest BCUT2D eigenvalue weighted by Crippen LogP contribution is -2.36. The first-order valence-electron chi connectivity index (χ1n) is 6.17. The number of carboxylic acid groups (broad SMARTS) is 1. The zero-order chi connectivity index (χ0) is 13.8. The van der Waals surface area contributed by atoms with Gasteiger partial charge in [-0.2, -0.15) is 0 Å². The molecule has 1 heterocycles. The number of carboxylic acids is 1. The largest absolute Gasteiger partial charge is 0.481 e. The Morgan fingerprint density at radius 2 is 2.16 bits per heavy atom. The zero-order valence-corrected chi connectivity index (χ0v) is 12.1. The molecule has 6 heteroatoms. The lowest BCUT2D eigenvalue weighted by atomic mass is 10.0. The monoisotopic (exact) mass is 328 g/mol. The molecule has 0 spiro atoms. The van der Waals surface area contributed by atoms with Gasteiger partial charge in [-0.05, 0) is 33.6 Å². The second kappa shape index (κ2) is 6.36. The van der Waals surface area contributed by atoms with Gasteiger partial charge in [0.05, 0.1) is 25.3 Å². The van der Waals surface area contributed by atoms with Crippen LogP contribution in [0.3, 0.4) is 0 Å². The Morgan fingerprint density at radius 1 is 1.47 bits per heavy atom. The van der Waals surface area contributed by atoms with E-state index in [0.29, 0.717) is 0 Å². The molecule has 19 heavy (non-hydrogen) atoms. The first-order chi connectivity index (χ1) is 9.08. The molecule has 104 valence electrons. The number of rotatable bonds is 4. The summed E-state index contributed by atoms with van der Waals surface area (Å²) in [5, 5.41) is 8.76. The third-order valence-electron chi connectivity index (χ3n) is 3.15. The first-order valence-corrected chi connectivity index (χ1v) is 6.96. The topological polar surface area (TPSA) is 75.8 Å². The van der Waals surface area contributed by atoms with Crippen molar-refractivity contribution in [1.82, 2.24) is 0 Å². The molecule has 0 saturated carbocycles. The number of hydrogen-bond acceptors (Lipinski definition) is 4. The van der Waals surface area contributed by atoms with Gasteiger partial charge in [-0.15, -0.1) is 0 Å². The number of ether oxygens (including phenoxy) is 1. The van der Waals surface area contributed by atoms with E-state index in [1.807, 2.05) is 18.2 Å². The van der Waals surface area contributed by atoms with Gasteiger partial charge in [0.25, 0.3) is 0 Å². The number of carbonyl (C=O) groups is 1. The van der Waals surface area contributed by atoms with Crippen LogP contribution in [0.1, 0.15) is 18.0 Å². The van der Waals surface area contributed by atoms with Crippen LogP contribution in [0.5, 0.6) is 0 Å². The third kappa shape index (κ3) is 3.68. The highest BCUT2D eigenvalue weighted by Crippen LogP contribution is 2.30. The van der Waals surface area contributed by atoms with Gasteiger partial charge in [0.1, 0.15) is 0 Å². The Bertz CT molecular complexity index is 461. The van der Waals surface area contributed by atoms with Gasteiger partial charge in [-0.25, -0.2) is 0 Å². The number of hydrogen-bond donors (Lipinski definition) is 2. The van der Waals surface area contributed by atoms with E-state index in [1.165, 1.54) is 0 Å². The van der Waals surface area contributed by atoms with E-state index in [1.54, 1.807) is 0 Å². The summed E-state index contributed by atoms with van der Waals surface area (Å²) in [4.78, 5) is 12.9. The molecule has 0 amide bonds. The highest BCUT2D eigenvalue weighted by molar-refractivity contribution is 9.10. The summed E-state index contributed by atoms with van der Waals surface area (Å²) < 4.78 is 6.26.